The third-order valence-electron chi connectivity index (χ3n) is 6.90. The SMILES string of the molecule is COc1ccc(-n2nc(C(F)(F)F)c3c2C(=O)N(c2ccc(C4(C(=O)N(C)C)CC4)cc2)CC3)cc1. The van der Waals surface area contributed by atoms with Crippen molar-refractivity contribution in [2.75, 3.05) is 32.6 Å². The molecule has 188 valence electrons. The number of aromatic nitrogens is 2. The minimum atomic E-state index is -4.69. The lowest BCUT2D eigenvalue weighted by molar-refractivity contribution is -0.142. The second-order valence-electron chi connectivity index (χ2n) is 9.32. The lowest BCUT2D eigenvalue weighted by atomic mass is 9.94. The van der Waals surface area contributed by atoms with Crippen LogP contribution in [0.25, 0.3) is 5.69 Å². The van der Waals surface area contributed by atoms with Gasteiger partial charge in [0.25, 0.3) is 5.91 Å². The summed E-state index contributed by atoms with van der Waals surface area (Å²) < 4.78 is 47.6. The molecule has 1 aromatic heterocycles. The summed E-state index contributed by atoms with van der Waals surface area (Å²) in [5.41, 5.74) is -0.0406. The van der Waals surface area contributed by atoms with E-state index in [9.17, 15) is 22.8 Å². The lowest BCUT2D eigenvalue weighted by Gasteiger charge is -2.28. The number of rotatable bonds is 5. The number of methoxy groups -OCH3 is 1. The molecule has 0 bridgehead atoms. The first-order chi connectivity index (χ1) is 17.1. The highest BCUT2D eigenvalue weighted by molar-refractivity contribution is 6.07. The summed E-state index contributed by atoms with van der Waals surface area (Å²) in [5, 5.41) is 3.82. The Bertz CT molecular complexity index is 1320. The third-order valence-corrected chi connectivity index (χ3v) is 6.90. The van der Waals surface area contributed by atoms with E-state index in [-0.39, 0.29) is 30.1 Å². The minimum Gasteiger partial charge on any atom is -0.497 e. The number of carbonyl (C=O) groups is 2. The van der Waals surface area contributed by atoms with Crippen molar-refractivity contribution in [2.24, 2.45) is 0 Å². The monoisotopic (exact) mass is 498 g/mol. The number of benzene rings is 2. The summed E-state index contributed by atoms with van der Waals surface area (Å²) in [4.78, 5) is 29.3. The Kier molecular flexibility index (Phi) is 5.57. The molecule has 5 rings (SSSR count). The number of carbonyl (C=O) groups excluding carboxylic acids is 2. The molecule has 2 aromatic carbocycles. The number of nitrogens with zero attached hydrogens (tertiary/aromatic N) is 4. The van der Waals surface area contributed by atoms with E-state index < -0.39 is 23.2 Å². The van der Waals surface area contributed by atoms with Gasteiger partial charge in [-0.25, -0.2) is 4.68 Å². The second kappa shape index (κ2) is 8.39. The van der Waals surface area contributed by atoms with E-state index in [1.54, 1.807) is 55.4 Å². The zero-order valence-corrected chi connectivity index (χ0v) is 20.1. The highest BCUT2D eigenvalue weighted by Gasteiger charge is 2.52. The molecule has 36 heavy (non-hydrogen) atoms. The van der Waals surface area contributed by atoms with Crippen molar-refractivity contribution in [1.82, 2.24) is 14.7 Å². The van der Waals surface area contributed by atoms with Crippen LogP contribution in [-0.4, -0.2) is 54.2 Å². The molecule has 10 heteroatoms. The van der Waals surface area contributed by atoms with Crippen LogP contribution in [0.1, 0.15) is 40.2 Å². The van der Waals surface area contributed by atoms with Crippen LogP contribution in [0.5, 0.6) is 5.75 Å². The second-order valence-corrected chi connectivity index (χ2v) is 9.32. The van der Waals surface area contributed by atoms with Crippen molar-refractivity contribution in [2.45, 2.75) is 30.9 Å². The van der Waals surface area contributed by atoms with Crippen LogP contribution in [0, 0.1) is 0 Å². The first kappa shape index (κ1) is 23.9. The number of amides is 2. The van der Waals surface area contributed by atoms with Crippen molar-refractivity contribution in [3.05, 3.63) is 71.0 Å². The molecule has 2 heterocycles. The molecule has 0 atom stereocenters. The van der Waals surface area contributed by atoms with Crippen LogP contribution in [0.2, 0.25) is 0 Å². The van der Waals surface area contributed by atoms with Crippen LogP contribution < -0.4 is 9.64 Å². The smallest absolute Gasteiger partial charge is 0.435 e. The first-order valence-electron chi connectivity index (χ1n) is 11.5. The Balaban J connectivity index is 1.51. The summed E-state index contributed by atoms with van der Waals surface area (Å²) in [7, 11) is 4.94. The van der Waals surface area contributed by atoms with Crippen molar-refractivity contribution in [1.29, 1.82) is 0 Å². The quantitative estimate of drug-likeness (QED) is 0.528. The number of alkyl halides is 3. The van der Waals surface area contributed by atoms with Gasteiger partial charge in [0, 0.05) is 31.9 Å². The fourth-order valence-electron chi connectivity index (χ4n) is 4.88. The van der Waals surface area contributed by atoms with Gasteiger partial charge in [-0.2, -0.15) is 18.3 Å². The van der Waals surface area contributed by atoms with Gasteiger partial charge in [0.2, 0.25) is 5.91 Å². The standard InChI is InChI=1S/C26H25F3N4O3/c1-31(2)24(35)25(13-14-25)16-4-6-17(7-5-16)32-15-12-20-21(23(32)34)33(30-22(20)26(27,28)29)18-8-10-19(36-3)11-9-18/h4-11H,12-15H2,1-3H3. The number of hydrogen-bond donors (Lipinski definition) is 0. The van der Waals surface area contributed by atoms with Gasteiger partial charge in [-0.1, -0.05) is 12.1 Å². The topological polar surface area (TPSA) is 67.7 Å². The third kappa shape index (κ3) is 3.81. The Morgan fingerprint density at radius 2 is 1.64 bits per heavy atom. The Hall–Kier alpha value is -3.82. The van der Waals surface area contributed by atoms with E-state index in [0.717, 1.165) is 23.1 Å². The maximum Gasteiger partial charge on any atom is 0.435 e. The van der Waals surface area contributed by atoms with Crippen LogP contribution in [0.3, 0.4) is 0 Å². The molecule has 2 aliphatic rings. The predicted octanol–water partition coefficient (Wildman–Crippen LogP) is 4.22. The number of hydrogen-bond acceptors (Lipinski definition) is 4. The molecule has 3 aromatic rings. The minimum absolute atomic E-state index is 0.0108. The highest BCUT2D eigenvalue weighted by Crippen LogP contribution is 2.49. The molecular formula is C26H25F3N4O3. The molecule has 1 fully saturated rings. The van der Waals surface area contributed by atoms with Crippen molar-refractivity contribution in [3.8, 4) is 11.4 Å². The van der Waals surface area contributed by atoms with Gasteiger partial charge in [0.1, 0.15) is 11.4 Å². The molecular weight excluding hydrogens is 473 g/mol. The molecule has 0 N–H and O–H groups in total. The van der Waals surface area contributed by atoms with Crippen LogP contribution in [0.15, 0.2) is 48.5 Å². The number of ether oxygens (including phenoxy) is 1. The summed E-state index contributed by atoms with van der Waals surface area (Å²) in [6, 6.07) is 13.5. The van der Waals surface area contributed by atoms with Gasteiger partial charge >= 0.3 is 6.18 Å². The Morgan fingerprint density at radius 1 is 1.03 bits per heavy atom. The van der Waals surface area contributed by atoms with E-state index in [4.69, 9.17) is 4.74 Å². The molecule has 7 nitrogen and oxygen atoms in total. The molecule has 0 saturated heterocycles. The van der Waals surface area contributed by atoms with Crippen molar-refractivity contribution in [3.63, 3.8) is 0 Å². The van der Waals surface area contributed by atoms with Gasteiger partial charge in [0.05, 0.1) is 18.2 Å². The zero-order chi connectivity index (χ0) is 25.8. The van der Waals surface area contributed by atoms with Gasteiger partial charge in [0.15, 0.2) is 5.69 Å². The van der Waals surface area contributed by atoms with Crippen LogP contribution in [-0.2, 0) is 22.8 Å². The molecule has 0 spiro atoms. The largest absolute Gasteiger partial charge is 0.497 e. The Morgan fingerprint density at radius 3 is 2.17 bits per heavy atom. The Labute approximate surface area is 206 Å². The molecule has 1 saturated carbocycles. The fourth-order valence-corrected chi connectivity index (χ4v) is 4.88. The van der Waals surface area contributed by atoms with Gasteiger partial charge in [-0.3, -0.25) is 9.59 Å². The van der Waals surface area contributed by atoms with Crippen molar-refractivity contribution >= 4 is 17.5 Å². The average Bonchev–Trinajstić information content (AvgIpc) is 3.56. The van der Waals surface area contributed by atoms with Crippen LogP contribution >= 0.6 is 0 Å². The first-order valence-corrected chi connectivity index (χ1v) is 11.5. The molecule has 1 aliphatic carbocycles. The summed E-state index contributed by atoms with van der Waals surface area (Å²) in [6.45, 7) is 0.0876. The molecule has 0 unspecified atom stereocenters. The zero-order valence-electron chi connectivity index (χ0n) is 20.1. The van der Waals surface area contributed by atoms with E-state index in [1.807, 2.05) is 12.1 Å². The molecule has 0 radical (unpaired) electrons. The van der Waals surface area contributed by atoms with Crippen molar-refractivity contribution < 1.29 is 27.5 Å². The summed E-state index contributed by atoms with van der Waals surface area (Å²) in [6.07, 6.45) is -3.16. The number of fused-ring (bicyclic) bond motifs is 1. The molecule has 2 amide bonds. The normalized spacial score (nSPS) is 16.5. The predicted molar refractivity (Wildman–Crippen MR) is 127 cm³/mol. The summed E-state index contributed by atoms with van der Waals surface area (Å²) in [5.74, 6) is 0.00961. The maximum atomic E-state index is 13.8. The average molecular weight is 499 g/mol. The van der Waals surface area contributed by atoms with E-state index in [1.165, 1.54) is 12.0 Å². The van der Waals surface area contributed by atoms with Gasteiger partial charge in [-0.15, -0.1) is 0 Å². The van der Waals surface area contributed by atoms with Crippen LogP contribution in [0.4, 0.5) is 18.9 Å². The van der Waals surface area contributed by atoms with E-state index >= 15 is 0 Å². The number of anilines is 1. The lowest BCUT2D eigenvalue weighted by Crippen LogP contribution is -2.39. The molecule has 1 aliphatic heterocycles. The number of likely N-dealkylation sites (N-methyl/N-ethyl adjacent to an activating group) is 1. The van der Waals surface area contributed by atoms with Gasteiger partial charge in [-0.05, 0) is 61.2 Å². The fraction of sp³-hybridized carbons (Fsp3) is 0.346. The van der Waals surface area contributed by atoms with E-state index in [2.05, 4.69) is 5.10 Å². The number of halogens is 3. The highest BCUT2D eigenvalue weighted by atomic mass is 19.4. The van der Waals surface area contributed by atoms with E-state index in [0.29, 0.717) is 17.1 Å². The maximum absolute atomic E-state index is 13.8. The summed E-state index contributed by atoms with van der Waals surface area (Å²) >= 11 is 0. The van der Waals surface area contributed by atoms with Gasteiger partial charge < -0.3 is 14.5 Å².